The van der Waals surface area contributed by atoms with Crippen LogP contribution >= 0.6 is 15.9 Å². The first kappa shape index (κ1) is 22.9. The summed E-state index contributed by atoms with van der Waals surface area (Å²) in [6.45, 7) is 7.15. The van der Waals surface area contributed by atoms with Crippen LogP contribution in [0.25, 0.3) is 0 Å². The van der Waals surface area contributed by atoms with Gasteiger partial charge in [0.15, 0.2) is 18.2 Å². The lowest BCUT2D eigenvalue weighted by molar-refractivity contribution is -0.142. The Morgan fingerprint density at radius 2 is 1.76 bits per heavy atom. The minimum absolute atomic E-state index is 0.00348. The van der Waals surface area contributed by atoms with Gasteiger partial charge in [0.25, 0.3) is 5.91 Å². The fraction of sp³-hybridized carbons (Fsp3) is 0.364. The highest BCUT2D eigenvalue weighted by Gasteiger charge is 2.28. The SMILES string of the molecule is C[C@H](C(=O)NC(C)(C)C)N(Cc1ccc(Br)cc1)C(=O)COc1ccccc1F. The van der Waals surface area contributed by atoms with Crippen molar-refractivity contribution >= 4 is 27.7 Å². The van der Waals surface area contributed by atoms with Crippen LogP contribution in [0.4, 0.5) is 4.39 Å². The Hall–Kier alpha value is -2.41. The normalized spacial score (nSPS) is 12.2. The van der Waals surface area contributed by atoms with E-state index in [1.165, 1.54) is 17.0 Å². The fourth-order valence-corrected chi connectivity index (χ4v) is 2.89. The monoisotopic (exact) mass is 464 g/mol. The van der Waals surface area contributed by atoms with Crippen LogP contribution < -0.4 is 10.1 Å². The van der Waals surface area contributed by atoms with Crippen LogP contribution in [-0.4, -0.2) is 34.9 Å². The van der Waals surface area contributed by atoms with Gasteiger partial charge in [-0.15, -0.1) is 0 Å². The lowest BCUT2D eigenvalue weighted by Crippen LogP contribution is -2.53. The molecule has 2 aromatic rings. The van der Waals surface area contributed by atoms with E-state index in [-0.39, 0.29) is 24.8 Å². The van der Waals surface area contributed by atoms with Gasteiger partial charge in [-0.2, -0.15) is 0 Å². The number of para-hydroxylation sites is 1. The third kappa shape index (κ3) is 7.16. The summed E-state index contributed by atoms with van der Waals surface area (Å²) in [7, 11) is 0. The second kappa shape index (κ2) is 9.87. The van der Waals surface area contributed by atoms with Gasteiger partial charge in [0.1, 0.15) is 6.04 Å². The Morgan fingerprint density at radius 1 is 1.14 bits per heavy atom. The second-order valence-corrected chi connectivity index (χ2v) is 8.70. The Bertz CT molecular complexity index is 850. The van der Waals surface area contributed by atoms with Gasteiger partial charge < -0.3 is 15.0 Å². The second-order valence-electron chi connectivity index (χ2n) is 7.78. The molecule has 29 heavy (non-hydrogen) atoms. The number of hydrogen-bond donors (Lipinski definition) is 1. The van der Waals surface area contributed by atoms with Gasteiger partial charge in [-0.3, -0.25) is 9.59 Å². The first-order valence-corrected chi connectivity index (χ1v) is 10.1. The summed E-state index contributed by atoms with van der Waals surface area (Å²) in [4.78, 5) is 27.0. The van der Waals surface area contributed by atoms with Crippen molar-refractivity contribution in [3.63, 3.8) is 0 Å². The van der Waals surface area contributed by atoms with Crippen LogP contribution in [0.3, 0.4) is 0 Å². The minimum atomic E-state index is -0.727. The van der Waals surface area contributed by atoms with Crippen molar-refractivity contribution in [2.75, 3.05) is 6.61 Å². The van der Waals surface area contributed by atoms with Crippen LogP contribution in [-0.2, 0) is 16.1 Å². The molecule has 0 aliphatic heterocycles. The van der Waals surface area contributed by atoms with Crippen molar-refractivity contribution in [1.82, 2.24) is 10.2 Å². The van der Waals surface area contributed by atoms with E-state index in [4.69, 9.17) is 4.74 Å². The molecule has 0 aliphatic carbocycles. The smallest absolute Gasteiger partial charge is 0.261 e. The van der Waals surface area contributed by atoms with Crippen LogP contribution in [0.2, 0.25) is 0 Å². The summed E-state index contributed by atoms with van der Waals surface area (Å²) in [5, 5.41) is 2.89. The molecule has 2 amide bonds. The van der Waals surface area contributed by atoms with Crippen molar-refractivity contribution in [1.29, 1.82) is 0 Å². The summed E-state index contributed by atoms with van der Waals surface area (Å²) in [6, 6.07) is 12.6. The average Bonchev–Trinajstić information content (AvgIpc) is 2.64. The summed E-state index contributed by atoms with van der Waals surface area (Å²) in [6.07, 6.45) is 0. The van der Waals surface area contributed by atoms with E-state index < -0.39 is 23.3 Å². The van der Waals surface area contributed by atoms with Crippen molar-refractivity contribution in [3.05, 3.63) is 64.4 Å². The van der Waals surface area contributed by atoms with Crippen molar-refractivity contribution in [2.24, 2.45) is 0 Å². The summed E-state index contributed by atoms with van der Waals surface area (Å²) >= 11 is 3.38. The van der Waals surface area contributed by atoms with E-state index in [9.17, 15) is 14.0 Å². The van der Waals surface area contributed by atoms with Crippen LogP contribution in [0, 0.1) is 5.82 Å². The maximum atomic E-state index is 13.8. The first-order valence-electron chi connectivity index (χ1n) is 9.30. The number of hydrogen-bond acceptors (Lipinski definition) is 3. The van der Waals surface area contributed by atoms with Gasteiger partial charge in [-0.1, -0.05) is 40.2 Å². The van der Waals surface area contributed by atoms with Gasteiger partial charge >= 0.3 is 0 Å². The quantitative estimate of drug-likeness (QED) is 0.664. The molecule has 156 valence electrons. The number of rotatable bonds is 7. The molecule has 0 bridgehead atoms. The van der Waals surface area contributed by atoms with Crippen molar-refractivity contribution in [2.45, 2.75) is 45.8 Å². The third-order valence-corrected chi connectivity index (χ3v) is 4.65. The molecule has 0 fully saturated rings. The molecule has 0 heterocycles. The average molecular weight is 465 g/mol. The predicted octanol–water partition coefficient (Wildman–Crippen LogP) is 4.30. The Labute approximate surface area is 179 Å². The van der Waals surface area contributed by atoms with Crippen LogP contribution in [0.15, 0.2) is 53.0 Å². The Balaban J connectivity index is 2.18. The van der Waals surface area contributed by atoms with Gasteiger partial charge in [-0.25, -0.2) is 4.39 Å². The maximum absolute atomic E-state index is 13.8. The molecule has 7 heteroatoms. The number of amides is 2. The topological polar surface area (TPSA) is 58.6 Å². The Kier molecular flexibility index (Phi) is 7.79. The number of ether oxygens (including phenoxy) is 1. The number of carbonyl (C=O) groups excluding carboxylic acids is 2. The number of benzene rings is 2. The van der Waals surface area contributed by atoms with Gasteiger partial charge in [0.2, 0.25) is 5.91 Å². The molecule has 0 aliphatic rings. The molecule has 0 saturated carbocycles. The highest BCUT2D eigenvalue weighted by Crippen LogP contribution is 2.17. The molecular weight excluding hydrogens is 439 g/mol. The molecular formula is C22H26BrFN2O3. The zero-order chi connectivity index (χ0) is 21.6. The zero-order valence-corrected chi connectivity index (χ0v) is 18.6. The lowest BCUT2D eigenvalue weighted by atomic mass is 10.1. The predicted molar refractivity (Wildman–Crippen MR) is 114 cm³/mol. The number of halogens is 2. The van der Waals surface area contributed by atoms with Crippen LogP contribution in [0.5, 0.6) is 5.75 Å². The lowest BCUT2D eigenvalue weighted by Gasteiger charge is -2.31. The largest absolute Gasteiger partial charge is 0.481 e. The van der Waals surface area contributed by atoms with Gasteiger partial charge in [-0.05, 0) is 57.5 Å². The molecule has 0 spiro atoms. The molecule has 2 aromatic carbocycles. The molecule has 0 unspecified atom stereocenters. The number of carbonyl (C=O) groups is 2. The molecule has 1 N–H and O–H groups in total. The molecule has 2 rings (SSSR count). The molecule has 0 saturated heterocycles. The highest BCUT2D eigenvalue weighted by atomic mass is 79.9. The van der Waals surface area contributed by atoms with Gasteiger partial charge in [0, 0.05) is 16.6 Å². The van der Waals surface area contributed by atoms with E-state index in [0.717, 1.165) is 10.0 Å². The number of nitrogens with zero attached hydrogens (tertiary/aromatic N) is 1. The maximum Gasteiger partial charge on any atom is 0.261 e. The highest BCUT2D eigenvalue weighted by molar-refractivity contribution is 9.10. The summed E-state index contributed by atoms with van der Waals surface area (Å²) in [5.74, 6) is -1.23. The van der Waals surface area contributed by atoms with Gasteiger partial charge in [0.05, 0.1) is 0 Å². The first-order chi connectivity index (χ1) is 13.6. The van der Waals surface area contributed by atoms with Crippen LogP contribution in [0.1, 0.15) is 33.3 Å². The summed E-state index contributed by atoms with van der Waals surface area (Å²) < 4.78 is 20.1. The van der Waals surface area contributed by atoms with E-state index in [2.05, 4.69) is 21.2 Å². The van der Waals surface area contributed by atoms with E-state index >= 15 is 0 Å². The number of nitrogens with one attached hydrogen (secondary N) is 1. The molecule has 0 aromatic heterocycles. The third-order valence-electron chi connectivity index (χ3n) is 4.12. The summed E-state index contributed by atoms with van der Waals surface area (Å²) in [5.41, 5.74) is 0.435. The van der Waals surface area contributed by atoms with E-state index in [1.54, 1.807) is 19.1 Å². The standard InChI is InChI=1S/C22H26BrFN2O3/c1-15(21(28)25-22(2,3)4)26(13-16-9-11-17(23)12-10-16)20(27)14-29-19-8-6-5-7-18(19)24/h5-12,15H,13-14H2,1-4H3,(H,25,28)/t15-/m1/s1. The molecule has 0 radical (unpaired) electrons. The molecule has 5 nitrogen and oxygen atoms in total. The minimum Gasteiger partial charge on any atom is -0.481 e. The zero-order valence-electron chi connectivity index (χ0n) is 17.0. The Morgan fingerprint density at radius 3 is 2.34 bits per heavy atom. The van der Waals surface area contributed by atoms with Crippen molar-refractivity contribution < 1.29 is 18.7 Å². The fourth-order valence-electron chi connectivity index (χ4n) is 2.63. The van der Waals surface area contributed by atoms with Crippen molar-refractivity contribution in [3.8, 4) is 5.75 Å². The van der Waals surface area contributed by atoms with E-state index in [0.29, 0.717) is 0 Å². The molecule has 1 atom stereocenters. The van der Waals surface area contributed by atoms with E-state index in [1.807, 2.05) is 45.0 Å².